The van der Waals surface area contributed by atoms with E-state index in [2.05, 4.69) is 17.0 Å². The number of piperidine rings is 1. The van der Waals surface area contributed by atoms with Gasteiger partial charge in [0.1, 0.15) is 0 Å². The number of hydrogen-bond donors (Lipinski definition) is 2. The normalized spacial score (nSPS) is 21.1. The van der Waals surface area contributed by atoms with Gasteiger partial charge in [0.05, 0.1) is 5.75 Å². The smallest absolute Gasteiger partial charge is 0.211 e. The Kier molecular flexibility index (Phi) is 4.22. The van der Waals surface area contributed by atoms with Crippen LogP contribution in [0.25, 0.3) is 0 Å². The molecular formula is C6H13NO2S3. The summed E-state index contributed by atoms with van der Waals surface area (Å²) in [7, 11) is -2.30. The van der Waals surface area contributed by atoms with Gasteiger partial charge in [0, 0.05) is 9.83 Å². The van der Waals surface area contributed by atoms with Crippen LogP contribution in [0.15, 0.2) is 0 Å². The van der Waals surface area contributed by atoms with E-state index in [0.717, 1.165) is 25.9 Å². The zero-order valence-electron chi connectivity index (χ0n) is 6.69. The van der Waals surface area contributed by atoms with Crippen LogP contribution in [-0.4, -0.2) is 27.3 Å². The second-order valence-corrected chi connectivity index (χ2v) is 7.90. The molecule has 0 aromatic rings. The zero-order chi connectivity index (χ0) is 9.03. The van der Waals surface area contributed by atoms with Gasteiger partial charge in [-0.1, -0.05) is 11.7 Å². The number of thiol groups is 1. The van der Waals surface area contributed by atoms with Gasteiger partial charge in [-0.2, -0.15) is 0 Å². The molecule has 12 heavy (non-hydrogen) atoms. The SMILES string of the molecule is O=S(=O)(CC1CCNCC1)SS. The van der Waals surface area contributed by atoms with E-state index < -0.39 is 8.87 Å². The van der Waals surface area contributed by atoms with Crippen molar-refractivity contribution in [2.24, 2.45) is 5.92 Å². The highest BCUT2D eigenvalue weighted by Crippen LogP contribution is 2.23. The van der Waals surface area contributed by atoms with Crippen molar-refractivity contribution in [3.8, 4) is 0 Å². The molecule has 1 fully saturated rings. The summed E-state index contributed by atoms with van der Waals surface area (Å²) >= 11 is 3.71. The highest BCUT2D eigenvalue weighted by Gasteiger charge is 2.20. The molecule has 0 aromatic heterocycles. The Morgan fingerprint density at radius 3 is 2.50 bits per heavy atom. The van der Waals surface area contributed by atoms with Gasteiger partial charge in [0.2, 0.25) is 8.87 Å². The molecule has 0 amide bonds. The summed E-state index contributed by atoms with van der Waals surface area (Å²) in [6, 6.07) is 0. The Morgan fingerprint density at radius 2 is 2.00 bits per heavy atom. The summed E-state index contributed by atoms with van der Waals surface area (Å²) < 4.78 is 22.3. The molecular weight excluding hydrogens is 214 g/mol. The van der Waals surface area contributed by atoms with Crippen LogP contribution in [0.2, 0.25) is 0 Å². The highest BCUT2D eigenvalue weighted by atomic mass is 33.5. The van der Waals surface area contributed by atoms with Crippen molar-refractivity contribution in [3.05, 3.63) is 0 Å². The fourth-order valence-corrected chi connectivity index (χ4v) is 3.65. The molecule has 0 aromatic carbocycles. The predicted molar refractivity (Wildman–Crippen MR) is 56.0 cm³/mol. The van der Waals surface area contributed by atoms with E-state index in [4.69, 9.17) is 0 Å². The van der Waals surface area contributed by atoms with Gasteiger partial charge >= 0.3 is 0 Å². The maximum absolute atomic E-state index is 11.1. The van der Waals surface area contributed by atoms with Gasteiger partial charge in [0.15, 0.2) is 0 Å². The molecule has 1 aliphatic rings. The topological polar surface area (TPSA) is 46.2 Å². The highest BCUT2D eigenvalue weighted by molar-refractivity contribution is 9.02. The minimum Gasteiger partial charge on any atom is -0.317 e. The van der Waals surface area contributed by atoms with Crippen LogP contribution in [0.4, 0.5) is 0 Å². The molecule has 1 aliphatic heterocycles. The Morgan fingerprint density at radius 1 is 1.42 bits per heavy atom. The van der Waals surface area contributed by atoms with E-state index in [9.17, 15) is 8.42 Å². The van der Waals surface area contributed by atoms with Crippen molar-refractivity contribution in [2.45, 2.75) is 12.8 Å². The van der Waals surface area contributed by atoms with Gasteiger partial charge in [-0.15, -0.1) is 0 Å². The van der Waals surface area contributed by atoms with Crippen LogP contribution in [0.1, 0.15) is 12.8 Å². The van der Waals surface area contributed by atoms with Crippen molar-refractivity contribution in [1.29, 1.82) is 0 Å². The van der Waals surface area contributed by atoms with Gasteiger partial charge in [-0.3, -0.25) is 0 Å². The van der Waals surface area contributed by atoms with Crippen molar-refractivity contribution in [1.82, 2.24) is 5.32 Å². The molecule has 6 heteroatoms. The van der Waals surface area contributed by atoms with Gasteiger partial charge in [0.25, 0.3) is 0 Å². The average molecular weight is 227 g/mol. The molecule has 72 valence electrons. The molecule has 1 N–H and O–H groups in total. The van der Waals surface area contributed by atoms with Crippen LogP contribution < -0.4 is 5.32 Å². The first-order valence-electron chi connectivity index (χ1n) is 3.90. The third-order valence-corrected chi connectivity index (χ3v) is 6.25. The minimum atomic E-state index is -2.97. The summed E-state index contributed by atoms with van der Waals surface area (Å²) in [5.41, 5.74) is 0. The van der Waals surface area contributed by atoms with Crippen LogP contribution in [0, 0.1) is 5.92 Å². The number of hydrogen-bond acceptors (Lipinski definition) is 5. The number of nitrogens with one attached hydrogen (secondary N) is 1. The molecule has 1 rings (SSSR count). The first kappa shape index (κ1) is 10.7. The third kappa shape index (κ3) is 3.55. The van der Waals surface area contributed by atoms with E-state index in [-0.39, 0.29) is 5.75 Å². The van der Waals surface area contributed by atoms with Crippen molar-refractivity contribution in [3.63, 3.8) is 0 Å². The molecule has 0 bridgehead atoms. The van der Waals surface area contributed by atoms with Gasteiger partial charge < -0.3 is 5.32 Å². The second kappa shape index (κ2) is 4.74. The molecule has 0 unspecified atom stereocenters. The largest absolute Gasteiger partial charge is 0.317 e. The number of rotatable bonds is 3. The summed E-state index contributed by atoms with van der Waals surface area (Å²) in [5, 5.41) is 3.20. The first-order valence-corrected chi connectivity index (χ1v) is 7.94. The van der Waals surface area contributed by atoms with E-state index in [1.165, 1.54) is 0 Å². The zero-order valence-corrected chi connectivity index (χ0v) is 9.22. The van der Waals surface area contributed by atoms with Crippen molar-refractivity contribution >= 4 is 30.4 Å². The predicted octanol–water partition coefficient (Wildman–Crippen LogP) is 0.894. The lowest BCUT2D eigenvalue weighted by molar-refractivity contribution is 0.403. The van der Waals surface area contributed by atoms with Crippen LogP contribution in [-0.2, 0) is 8.87 Å². The van der Waals surface area contributed by atoms with Crippen LogP contribution in [0.3, 0.4) is 0 Å². The third-order valence-electron chi connectivity index (χ3n) is 2.01. The molecule has 1 saturated heterocycles. The van der Waals surface area contributed by atoms with Gasteiger partial charge in [-0.25, -0.2) is 8.42 Å². The summed E-state index contributed by atoms with van der Waals surface area (Å²) in [5.74, 6) is 0.610. The Balaban J connectivity index is 2.39. The molecule has 3 nitrogen and oxygen atoms in total. The molecule has 0 atom stereocenters. The van der Waals surface area contributed by atoms with Crippen molar-refractivity contribution in [2.75, 3.05) is 18.8 Å². The second-order valence-electron chi connectivity index (χ2n) is 2.99. The molecule has 0 spiro atoms. The molecule has 0 aliphatic carbocycles. The first-order chi connectivity index (χ1) is 5.64. The Hall–Kier alpha value is 0.610. The fraction of sp³-hybridized carbons (Fsp3) is 1.00. The summed E-state index contributed by atoms with van der Waals surface area (Å²) in [4.78, 5) is 0. The lowest BCUT2D eigenvalue weighted by atomic mass is 10.0. The van der Waals surface area contributed by atoms with E-state index in [0.29, 0.717) is 15.7 Å². The monoisotopic (exact) mass is 227 g/mol. The minimum absolute atomic E-state index is 0.281. The lowest BCUT2D eigenvalue weighted by Gasteiger charge is -2.21. The quantitative estimate of drug-likeness (QED) is 0.555. The lowest BCUT2D eigenvalue weighted by Crippen LogP contribution is -2.30. The van der Waals surface area contributed by atoms with Gasteiger partial charge in [-0.05, 0) is 31.8 Å². The van der Waals surface area contributed by atoms with E-state index >= 15 is 0 Å². The summed E-state index contributed by atoms with van der Waals surface area (Å²) in [6.45, 7) is 1.88. The maximum Gasteiger partial charge on any atom is 0.211 e. The van der Waals surface area contributed by atoms with E-state index in [1.807, 2.05) is 0 Å². The average Bonchev–Trinajstić information content (AvgIpc) is 2.06. The van der Waals surface area contributed by atoms with Crippen LogP contribution >= 0.6 is 21.5 Å². The Bertz CT molecular complexity index is 221. The molecule has 0 radical (unpaired) electrons. The standard InChI is InChI=1S/C6H13NO2S3/c8-12(9,11-10)5-6-1-3-7-4-2-6/h6-7,10H,1-5H2. The summed E-state index contributed by atoms with van der Waals surface area (Å²) in [6.07, 6.45) is 1.93. The Labute approximate surface area is 81.8 Å². The van der Waals surface area contributed by atoms with Crippen LogP contribution in [0.5, 0.6) is 0 Å². The van der Waals surface area contributed by atoms with E-state index in [1.54, 1.807) is 0 Å². The maximum atomic E-state index is 11.1. The fourth-order valence-electron chi connectivity index (χ4n) is 1.37. The van der Waals surface area contributed by atoms with Crippen molar-refractivity contribution < 1.29 is 8.42 Å². The molecule has 0 saturated carbocycles. The molecule has 1 heterocycles.